The highest BCUT2D eigenvalue weighted by Gasteiger charge is 2.34. The van der Waals surface area contributed by atoms with Gasteiger partial charge in [-0.1, -0.05) is 33.6 Å². The molecule has 1 saturated carbocycles. The molecule has 2 unspecified atom stereocenters. The molecule has 5 heteroatoms. The van der Waals surface area contributed by atoms with Crippen molar-refractivity contribution in [2.45, 2.75) is 57.5 Å². The highest BCUT2D eigenvalue weighted by Crippen LogP contribution is 2.39. The zero-order chi connectivity index (χ0) is 15.7. The Labute approximate surface area is 128 Å². The van der Waals surface area contributed by atoms with E-state index in [2.05, 4.69) is 31.1 Å². The van der Waals surface area contributed by atoms with Crippen molar-refractivity contribution in [2.75, 3.05) is 11.6 Å². The number of nitrogens with zero attached hydrogens (tertiary/aromatic N) is 1. The number of aromatic nitrogens is 1. The minimum absolute atomic E-state index is 0.129. The van der Waals surface area contributed by atoms with Gasteiger partial charge in [0.15, 0.2) is 14.9 Å². The van der Waals surface area contributed by atoms with Gasteiger partial charge in [0, 0.05) is 12.3 Å². The molecule has 0 aromatic carbocycles. The zero-order valence-electron chi connectivity index (χ0n) is 13.4. The number of rotatable bonds is 3. The third kappa shape index (κ3) is 4.19. The predicted octanol–water partition coefficient (Wildman–Crippen LogP) is 3.50. The van der Waals surface area contributed by atoms with Gasteiger partial charge >= 0.3 is 0 Å². The van der Waals surface area contributed by atoms with E-state index in [4.69, 9.17) is 0 Å². The van der Waals surface area contributed by atoms with Gasteiger partial charge in [-0.25, -0.2) is 13.4 Å². The fourth-order valence-corrected chi connectivity index (χ4v) is 3.80. The fourth-order valence-electron chi connectivity index (χ4n) is 3.24. The molecule has 1 aromatic heterocycles. The molecule has 0 bridgehead atoms. The van der Waals surface area contributed by atoms with Crippen molar-refractivity contribution in [1.82, 2.24) is 4.98 Å². The van der Waals surface area contributed by atoms with Crippen molar-refractivity contribution in [3.8, 4) is 0 Å². The van der Waals surface area contributed by atoms with E-state index in [1.165, 1.54) is 25.5 Å². The van der Waals surface area contributed by atoms with Gasteiger partial charge in [0.1, 0.15) is 0 Å². The molecule has 2 rings (SSSR count). The number of pyridine rings is 1. The SMILES string of the molecule is CC(C)(C)C1CCCCC1Nc1ccc(S(C)(=O)=O)nc1. The predicted molar refractivity (Wildman–Crippen MR) is 86.2 cm³/mol. The third-order valence-corrected chi connectivity index (χ3v) is 5.35. The Morgan fingerprint density at radius 2 is 1.86 bits per heavy atom. The van der Waals surface area contributed by atoms with E-state index >= 15 is 0 Å². The van der Waals surface area contributed by atoms with Gasteiger partial charge in [0.2, 0.25) is 0 Å². The molecule has 0 amide bonds. The third-order valence-electron chi connectivity index (χ3n) is 4.35. The van der Waals surface area contributed by atoms with Crippen LogP contribution in [0.5, 0.6) is 0 Å². The van der Waals surface area contributed by atoms with Gasteiger partial charge in [-0.3, -0.25) is 0 Å². The van der Waals surface area contributed by atoms with Crippen molar-refractivity contribution >= 4 is 15.5 Å². The summed E-state index contributed by atoms with van der Waals surface area (Å²) in [5, 5.41) is 3.69. The molecule has 0 radical (unpaired) electrons. The van der Waals surface area contributed by atoms with Crippen LogP contribution < -0.4 is 5.32 Å². The number of hydrogen-bond acceptors (Lipinski definition) is 4. The van der Waals surface area contributed by atoms with Crippen LogP contribution in [0.15, 0.2) is 23.4 Å². The minimum atomic E-state index is -3.23. The van der Waals surface area contributed by atoms with Gasteiger partial charge in [-0.05, 0) is 36.3 Å². The molecule has 0 aliphatic heterocycles. The van der Waals surface area contributed by atoms with Gasteiger partial charge in [0.05, 0.1) is 11.9 Å². The molecule has 1 heterocycles. The van der Waals surface area contributed by atoms with Crippen LogP contribution in [0, 0.1) is 11.3 Å². The minimum Gasteiger partial charge on any atom is -0.381 e. The van der Waals surface area contributed by atoms with Crippen LogP contribution in [0.25, 0.3) is 0 Å². The molecule has 1 aromatic rings. The first kappa shape index (κ1) is 16.3. The molecule has 0 spiro atoms. The maximum Gasteiger partial charge on any atom is 0.192 e. The highest BCUT2D eigenvalue weighted by atomic mass is 32.2. The van der Waals surface area contributed by atoms with Crippen LogP contribution in [-0.4, -0.2) is 25.7 Å². The molecular formula is C16H26N2O2S. The summed E-state index contributed by atoms with van der Waals surface area (Å²) in [6.07, 6.45) is 7.76. The quantitative estimate of drug-likeness (QED) is 0.928. The molecule has 1 aliphatic carbocycles. The molecular weight excluding hydrogens is 284 g/mol. The average Bonchev–Trinajstić information content (AvgIpc) is 2.37. The van der Waals surface area contributed by atoms with Gasteiger partial charge in [0.25, 0.3) is 0 Å². The van der Waals surface area contributed by atoms with Crippen LogP contribution in [0.3, 0.4) is 0 Å². The first-order chi connectivity index (χ1) is 9.68. The van der Waals surface area contributed by atoms with Crippen LogP contribution in [0.2, 0.25) is 0 Å². The molecule has 1 fully saturated rings. The lowest BCUT2D eigenvalue weighted by atomic mass is 9.69. The van der Waals surface area contributed by atoms with E-state index in [1.54, 1.807) is 12.3 Å². The molecule has 21 heavy (non-hydrogen) atoms. The Morgan fingerprint density at radius 3 is 2.38 bits per heavy atom. The molecule has 1 N–H and O–H groups in total. The number of sulfone groups is 1. The van der Waals surface area contributed by atoms with E-state index in [1.807, 2.05) is 6.07 Å². The summed E-state index contributed by atoms with van der Waals surface area (Å²) in [6, 6.07) is 3.83. The number of anilines is 1. The Morgan fingerprint density at radius 1 is 1.19 bits per heavy atom. The normalized spacial score (nSPS) is 23.8. The molecule has 0 saturated heterocycles. The summed E-state index contributed by atoms with van der Waals surface area (Å²) in [4.78, 5) is 4.05. The summed E-state index contributed by atoms with van der Waals surface area (Å²) >= 11 is 0. The smallest absolute Gasteiger partial charge is 0.192 e. The zero-order valence-corrected chi connectivity index (χ0v) is 14.2. The van der Waals surface area contributed by atoms with Crippen molar-refractivity contribution in [3.63, 3.8) is 0 Å². The number of hydrogen-bond donors (Lipinski definition) is 1. The highest BCUT2D eigenvalue weighted by molar-refractivity contribution is 7.90. The maximum absolute atomic E-state index is 11.4. The van der Waals surface area contributed by atoms with Crippen molar-refractivity contribution in [2.24, 2.45) is 11.3 Å². The summed E-state index contributed by atoms with van der Waals surface area (Å²) in [5.74, 6) is 0.626. The lowest BCUT2D eigenvalue weighted by Crippen LogP contribution is -2.39. The summed E-state index contributed by atoms with van der Waals surface area (Å²) in [7, 11) is -3.23. The fraction of sp³-hybridized carbons (Fsp3) is 0.688. The van der Waals surface area contributed by atoms with Crippen molar-refractivity contribution in [3.05, 3.63) is 18.3 Å². The van der Waals surface area contributed by atoms with Crippen LogP contribution >= 0.6 is 0 Å². The van der Waals surface area contributed by atoms with Crippen LogP contribution in [-0.2, 0) is 9.84 Å². The Hall–Kier alpha value is -1.10. The first-order valence-corrected chi connectivity index (χ1v) is 9.50. The van der Waals surface area contributed by atoms with Gasteiger partial charge < -0.3 is 5.32 Å². The maximum atomic E-state index is 11.4. The van der Waals surface area contributed by atoms with Gasteiger partial charge in [-0.15, -0.1) is 0 Å². The summed E-state index contributed by atoms with van der Waals surface area (Å²) in [6.45, 7) is 6.88. The van der Waals surface area contributed by atoms with E-state index in [9.17, 15) is 8.42 Å². The first-order valence-electron chi connectivity index (χ1n) is 7.60. The number of nitrogens with one attached hydrogen (secondary N) is 1. The molecule has 1 aliphatic rings. The Balaban J connectivity index is 2.13. The molecule has 2 atom stereocenters. The van der Waals surface area contributed by atoms with E-state index in [-0.39, 0.29) is 10.4 Å². The second-order valence-corrected chi connectivity index (χ2v) is 9.13. The summed E-state index contributed by atoms with van der Waals surface area (Å²) in [5.41, 5.74) is 1.18. The van der Waals surface area contributed by atoms with Crippen LogP contribution in [0.4, 0.5) is 5.69 Å². The molecule has 118 valence electrons. The van der Waals surface area contributed by atoms with E-state index < -0.39 is 9.84 Å². The lowest BCUT2D eigenvalue weighted by Gasteiger charge is -2.41. The average molecular weight is 310 g/mol. The standard InChI is InChI=1S/C16H26N2O2S/c1-16(2,3)13-7-5-6-8-14(13)18-12-9-10-15(17-11-12)21(4,19)20/h9-11,13-14,18H,5-8H2,1-4H3. The second-order valence-electron chi connectivity index (χ2n) is 7.17. The largest absolute Gasteiger partial charge is 0.381 e. The van der Waals surface area contributed by atoms with Crippen molar-refractivity contribution < 1.29 is 8.42 Å². The second kappa shape index (κ2) is 5.95. The Kier molecular flexibility index (Phi) is 4.61. The van der Waals surface area contributed by atoms with E-state index in [0.29, 0.717) is 12.0 Å². The summed E-state index contributed by atoms with van der Waals surface area (Å²) < 4.78 is 22.9. The topological polar surface area (TPSA) is 59.1 Å². The lowest BCUT2D eigenvalue weighted by molar-refractivity contribution is 0.163. The van der Waals surface area contributed by atoms with Crippen LogP contribution in [0.1, 0.15) is 46.5 Å². The monoisotopic (exact) mass is 310 g/mol. The van der Waals surface area contributed by atoms with Gasteiger partial charge in [-0.2, -0.15) is 0 Å². The van der Waals surface area contributed by atoms with E-state index in [0.717, 1.165) is 12.1 Å². The Bertz CT molecular complexity index is 573. The molecule has 4 nitrogen and oxygen atoms in total. The van der Waals surface area contributed by atoms with Crippen molar-refractivity contribution in [1.29, 1.82) is 0 Å².